The number of aliphatic hydroxyl groups is 1. The van der Waals surface area contributed by atoms with Crippen LogP contribution in [0, 0.1) is 0 Å². The van der Waals surface area contributed by atoms with Crippen LogP contribution in [0.1, 0.15) is 149 Å². The molecule has 2 nitrogen and oxygen atoms in total. The molecule has 0 bridgehead atoms. The highest BCUT2D eigenvalue weighted by Crippen LogP contribution is 2.13. The third-order valence-electron chi connectivity index (χ3n) is 6.29. The molecule has 0 unspecified atom stereocenters. The lowest BCUT2D eigenvalue weighted by Gasteiger charge is -2.22. The molecule has 0 aromatic carbocycles. The summed E-state index contributed by atoms with van der Waals surface area (Å²) in [4.78, 5) is 2.62. The highest BCUT2D eigenvalue weighted by Gasteiger charge is 2.04. The highest BCUT2D eigenvalue weighted by molar-refractivity contribution is 5.85. The van der Waals surface area contributed by atoms with Gasteiger partial charge in [-0.3, -0.25) is 0 Å². The first-order valence-corrected chi connectivity index (χ1v) is 13.7. The van der Waals surface area contributed by atoms with Crippen LogP contribution in [0.4, 0.5) is 0 Å². The Morgan fingerprint density at radius 2 is 0.667 bits per heavy atom. The van der Waals surface area contributed by atoms with Gasteiger partial charge in [-0.2, -0.15) is 0 Å². The van der Waals surface area contributed by atoms with Crippen molar-refractivity contribution in [2.45, 2.75) is 149 Å². The summed E-state index contributed by atoms with van der Waals surface area (Å²) in [6.45, 7) is 8.50. The standard InChI is InChI=1S/C27H57NO.ClH/c1-3-5-7-9-11-13-15-17-19-21-24-28(26-23-27-29)25-22-20-18-16-14-12-10-8-6-4-2;/h29H,3-27H2,1-2H3;1H. The van der Waals surface area contributed by atoms with Crippen molar-refractivity contribution in [1.29, 1.82) is 0 Å². The van der Waals surface area contributed by atoms with Gasteiger partial charge in [-0.1, -0.05) is 129 Å². The molecule has 0 aromatic heterocycles. The van der Waals surface area contributed by atoms with Crippen LogP contribution in [-0.2, 0) is 0 Å². The molecular weight excluding hydrogens is 390 g/mol. The van der Waals surface area contributed by atoms with E-state index >= 15 is 0 Å². The van der Waals surface area contributed by atoms with Gasteiger partial charge in [0, 0.05) is 13.2 Å². The van der Waals surface area contributed by atoms with E-state index in [0.717, 1.165) is 13.0 Å². The molecule has 0 saturated carbocycles. The van der Waals surface area contributed by atoms with Crippen LogP contribution in [0.5, 0.6) is 0 Å². The zero-order valence-corrected chi connectivity index (χ0v) is 21.8. The van der Waals surface area contributed by atoms with Gasteiger partial charge >= 0.3 is 0 Å². The van der Waals surface area contributed by atoms with Crippen LogP contribution in [0.3, 0.4) is 0 Å². The molecule has 0 aromatic rings. The Hall–Kier alpha value is 0.210. The number of aliphatic hydroxyl groups excluding tert-OH is 1. The first kappa shape index (κ1) is 32.4. The van der Waals surface area contributed by atoms with Crippen molar-refractivity contribution >= 4 is 12.4 Å². The fourth-order valence-corrected chi connectivity index (χ4v) is 4.28. The Morgan fingerprint density at radius 3 is 0.967 bits per heavy atom. The number of halogens is 1. The summed E-state index contributed by atoms with van der Waals surface area (Å²) in [7, 11) is 0. The second-order valence-electron chi connectivity index (χ2n) is 9.28. The Balaban J connectivity index is 0. The molecule has 1 N–H and O–H groups in total. The molecule has 0 atom stereocenters. The van der Waals surface area contributed by atoms with E-state index in [2.05, 4.69) is 18.7 Å². The average molecular weight is 448 g/mol. The minimum atomic E-state index is 0. The molecule has 0 amide bonds. The molecule has 3 heteroatoms. The van der Waals surface area contributed by atoms with Crippen LogP contribution >= 0.6 is 12.4 Å². The van der Waals surface area contributed by atoms with Gasteiger partial charge in [0.2, 0.25) is 0 Å². The molecule has 0 radical (unpaired) electrons. The van der Waals surface area contributed by atoms with E-state index in [9.17, 15) is 5.11 Å². The van der Waals surface area contributed by atoms with E-state index in [-0.39, 0.29) is 12.4 Å². The summed E-state index contributed by atoms with van der Waals surface area (Å²) >= 11 is 0. The lowest BCUT2D eigenvalue weighted by Crippen LogP contribution is -2.27. The normalized spacial score (nSPS) is 11.2. The van der Waals surface area contributed by atoms with Gasteiger partial charge in [-0.05, 0) is 32.4 Å². The predicted molar refractivity (Wildman–Crippen MR) is 139 cm³/mol. The second kappa shape index (κ2) is 29.2. The molecule has 0 saturated heterocycles. The van der Waals surface area contributed by atoms with Crippen LogP contribution in [-0.4, -0.2) is 36.2 Å². The van der Waals surface area contributed by atoms with Crippen LogP contribution in [0.15, 0.2) is 0 Å². The zero-order valence-electron chi connectivity index (χ0n) is 21.0. The van der Waals surface area contributed by atoms with Gasteiger partial charge in [0.05, 0.1) is 0 Å². The Kier molecular flexibility index (Phi) is 31.5. The maximum absolute atomic E-state index is 9.18. The molecule has 0 heterocycles. The number of nitrogens with zero attached hydrogens (tertiary/aromatic N) is 1. The lowest BCUT2D eigenvalue weighted by atomic mass is 10.1. The number of hydrogen-bond acceptors (Lipinski definition) is 2. The van der Waals surface area contributed by atoms with E-state index in [1.807, 2.05) is 0 Å². The quantitative estimate of drug-likeness (QED) is 0.141. The molecule has 0 aliphatic carbocycles. The lowest BCUT2D eigenvalue weighted by molar-refractivity contribution is 0.217. The maximum Gasteiger partial charge on any atom is 0.0443 e. The summed E-state index contributed by atoms with van der Waals surface area (Å²) in [6.07, 6.45) is 29.2. The van der Waals surface area contributed by atoms with Crippen molar-refractivity contribution < 1.29 is 5.11 Å². The smallest absolute Gasteiger partial charge is 0.0443 e. The summed E-state index contributed by atoms with van der Waals surface area (Å²) in [5.41, 5.74) is 0. The third kappa shape index (κ3) is 26.2. The molecule has 0 aliphatic rings. The fourth-order valence-electron chi connectivity index (χ4n) is 4.28. The second-order valence-corrected chi connectivity index (χ2v) is 9.28. The number of hydrogen-bond donors (Lipinski definition) is 1. The van der Waals surface area contributed by atoms with Gasteiger partial charge in [0.15, 0.2) is 0 Å². The van der Waals surface area contributed by atoms with Crippen molar-refractivity contribution in [2.24, 2.45) is 0 Å². The molecular formula is C27H58ClNO. The monoisotopic (exact) mass is 447 g/mol. The minimum Gasteiger partial charge on any atom is -0.396 e. The van der Waals surface area contributed by atoms with Crippen LogP contribution in [0.2, 0.25) is 0 Å². The Bertz CT molecular complexity index is 264. The van der Waals surface area contributed by atoms with Gasteiger partial charge in [0.25, 0.3) is 0 Å². The largest absolute Gasteiger partial charge is 0.396 e. The summed E-state index contributed by atoms with van der Waals surface area (Å²) in [6, 6.07) is 0. The number of rotatable bonds is 25. The van der Waals surface area contributed by atoms with E-state index < -0.39 is 0 Å². The SMILES string of the molecule is CCCCCCCCCCCCN(CCCO)CCCCCCCCCCCC.Cl. The van der Waals surface area contributed by atoms with Crippen molar-refractivity contribution in [3.8, 4) is 0 Å². The molecule has 0 rings (SSSR count). The van der Waals surface area contributed by atoms with E-state index in [1.54, 1.807) is 0 Å². The van der Waals surface area contributed by atoms with Crippen molar-refractivity contribution in [2.75, 3.05) is 26.2 Å². The van der Waals surface area contributed by atoms with Crippen molar-refractivity contribution in [3.63, 3.8) is 0 Å². The summed E-state index contributed by atoms with van der Waals surface area (Å²) < 4.78 is 0. The van der Waals surface area contributed by atoms with E-state index in [4.69, 9.17) is 0 Å². The Morgan fingerprint density at radius 1 is 0.400 bits per heavy atom. The molecule has 0 fully saturated rings. The topological polar surface area (TPSA) is 23.5 Å². The predicted octanol–water partition coefficient (Wildman–Crippen LogP) is 8.93. The van der Waals surface area contributed by atoms with E-state index in [0.29, 0.717) is 6.61 Å². The highest BCUT2D eigenvalue weighted by atomic mass is 35.5. The van der Waals surface area contributed by atoms with Crippen LogP contribution in [0.25, 0.3) is 0 Å². The molecule has 0 spiro atoms. The van der Waals surface area contributed by atoms with Gasteiger partial charge in [-0.25, -0.2) is 0 Å². The summed E-state index contributed by atoms with van der Waals surface area (Å²) in [5, 5.41) is 9.18. The third-order valence-corrected chi connectivity index (χ3v) is 6.29. The first-order valence-electron chi connectivity index (χ1n) is 13.7. The van der Waals surface area contributed by atoms with Gasteiger partial charge in [0.1, 0.15) is 0 Å². The maximum atomic E-state index is 9.18. The first-order chi connectivity index (χ1) is 14.3. The Labute approximate surface area is 197 Å². The number of unbranched alkanes of at least 4 members (excludes halogenated alkanes) is 18. The van der Waals surface area contributed by atoms with Crippen molar-refractivity contribution in [3.05, 3.63) is 0 Å². The van der Waals surface area contributed by atoms with E-state index in [1.165, 1.54) is 142 Å². The fraction of sp³-hybridized carbons (Fsp3) is 1.00. The van der Waals surface area contributed by atoms with Gasteiger partial charge in [-0.15, -0.1) is 12.4 Å². The zero-order chi connectivity index (χ0) is 21.3. The molecule has 30 heavy (non-hydrogen) atoms. The summed E-state index contributed by atoms with van der Waals surface area (Å²) in [5.74, 6) is 0. The van der Waals surface area contributed by atoms with Crippen LogP contribution < -0.4 is 0 Å². The molecule has 184 valence electrons. The van der Waals surface area contributed by atoms with Crippen molar-refractivity contribution in [1.82, 2.24) is 4.90 Å². The average Bonchev–Trinajstić information content (AvgIpc) is 2.74. The molecule has 0 aliphatic heterocycles. The minimum absolute atomic E-state index is 0. The van der Waals surface area contributed by atoms with Gasteiger partial charge < -0.3 is 10.0 Å².